The topological polar surface area (TPSA) is 133 Å². The summed E-state index contributed by atoms with van der Waals surface area (Å²) in [5.74, 6) is 0. The third-order valence-corrected chi connectivity index (χ3v) is 7.79. The van der Waals surface area contributed by atoms with Gasteiger partial charge in [0.1, 0.15) is 4.90 Å². The Labute approximate surface area is 182 Å². The number of nitrogens with zero attached hydrogens (tertiary/aromatic N) is 6. The van der Waals surface area contributed by atoms with Crippen molar-refractivity contribution in [1.29, 1.82) is 0 Å². The van der Waals surface area contributed by atoms with Crippen LogP contribution in [-0.2, 0) is 14.8 Å². The van der Waals surface area contributed by atoms with E-state index < -0.39 is 14.9 Å². The van der Waals surface area contributed by atoms with E-state index in [4.69, 9.17) is 4.74 Å². The molecule has 162 valence electrons. The Bertz CT molecular complexity index is 1220. The maximum absolute atomic E-state index is 13.3. The number of rotatable bonds is 6. The fourth-order valence-corrected chi connectivity index (χ4v) is 5.85. The van der Waals surface area contributed by atoms with Gasteiger partial charge in [0.05, 0.1) is 23.8 Å². The van der Waals surface area contributed by atoms with Crippen LogP contribution in [0.4, 0.5) is 5.69 Å². The van der Waals surface area contributed by atoms with Gasteiger partial charge in [0.2, 0.25) is 15.2 Å². The molecule has 0 spiro atoms. The minimum absolute atomic E-state index is 0.159. The lowest BCUT2D eigenvalue weighted by Crippen LogP contribution is -2.40. The summed E-state index contributed by atoms with van der Waals surface area (Å²) >= 11 is 1.03. The van der Waals surface area contributed by atoms with E-state index in [1.54, 1.807) is 0 Å². The van der Waals surface area contributed by atoms with Gasteiger partial charge in [0, 0.05) is 30.1 Å². The largest absolute Gasteiger partial charge is 0.379 e. The molecule has 0 atom stereocenters. The second-order valence-electron chi connectivity index (χ2n) is 6.67. The molecule has 0 amide bonds. The second-order valence-corrected chi connectivity index (χ2v) is 9.58. The first-order valence-corrected chi connectivity index (χ1v) is 11.5. The smallest absolute Gasteiger partial charge is 0.270 e. The Morgan fingerprint density at radius 1 is 1.16 bits per heavy atom. The number of aryl methyl sites for hydroxylation is 1. The Balaban J connectivity index is 1.77. The van der Waals surface area contributed by atoms with Crippen molar-refractivity contribution in [3.05, 3.63) is 58.1 Å². The predicted octanol–water partition coefficient (Wildman–Crippen LogP) is 2.05. The van der Waals surface area contributed by atoms with Crippen molar-refractivity contribution >= 4 is 27.5 Å². The summed E-state index contributed by atoms with van der Waals surface area (Å²) in [5.41, 5.74) is 1.37. The lowest BCUT2D eigenvalue weighted by atomic mass is 10.2. The Morgan fingerprint density at radius 3 is 2.61 bits per heavy atom. The maximum atomic E-state index is 13.3. The Morgan fingerprint density at radius 2 is 1.90 bits per heavy atom. The quantitative estimate of drug-likeness (QED) is 0.398. The zero-order valence-electron chi connectivity index (χ0n) is 16.4. The van der Waals surface area contributed by atoms with Gasteiger partial charge in [-0.1, -0.05) is 18.2 Å². The molecule has 1 saturated heterocycles. The van der Waals surface area contributed by atoms with Crippen LogP contribution in [0.2, 0.25) is 0 Å². The number of aromatic nitrogens is 4. The molecule has 0 unspecified atom stereocenters. The number of ether oxygens (including phenoxy) is 1. The van der Waals surface area contributed by atoms with Crippen LogP contribution < -0.4 is 0 Å². The van der Waals surface area contributed by atoms with Gasteiger partial charge in [0.15, 0.2) is 0 Å². The normalized spacial score (nSPS) is 15.1. The van der Waals surface area contributed by atoms with Crippen LogP contribution in [0, 0.1) is 17.0 Å². The zero-order valence-corrected chi connectivity index (χ0v) is 18.0. The first-order chi connectivity index (χ1) is 14.9. The molecule has 1 fully saturated rings. The summed E-state index contributed by atoms with van der Waals surface area (Å²) in [7, 11) is -3.99. The van der Waals surface area contributed by atoms with E-state index in [9.17, 15) is 18.5 Å². The summed E-state index contributed by atoms with van der Waals surface area (Å²) < 4.78 is 34.6. The molecule has 3 aromatic rings. The van der Waals surface area contributed by atoms with Gasteiger partial charge in [-0.2, -0.15) is 8.99 Å². The number of tetrazole rings is 1. The van der Waals surface area contributed by atoms with Crippen molar-refractivity contribution < 1.29 is 18.1 Å². The SMILES string of the molecule is Cc1ccccc1-n1nnnc1Sc1ccc([N+](=O)[O-])cc1S(=O)(=O)N1CCOCC1. The van der Waals surface area contributed by atoms with E-state index in [0.29, 0.717) is 10.1 Å². The molecule has 1 aliphatic rings. The molecule has 1 aliphatic heterocycles. The van der Waals surface area contributed by atoms with Crippen molar-refractivity contribution in [1.82, 2.24) is 24.5 Å². The molecular weight excluding hydrogens is 444 g/mol. The number of morpholine rings is 1. The first-order valence-electron chi connectivity index (χ1n) is 9.26. The predicted molar refractivity (Wildman–Crippen MR) is 111 cm³/mol. The molecule has 31 heavy (non-hydrogen) atoms. The number of para-hydroxylation sites is 1. The first kappa shape index (κ1) is 21.4. The number of nitro groups is 1. The average molecular weight is 463 g/mol. The standard InChI is InChI=1S/C18H18N6O5S2/c1-13-4-2-3-5-15(13)23-18(19-20-21-23)30-16-7-6-14(24(25)26)12-17(16)31(27,28)22-8-10-29-11-9-22/h2-7,12H,8-11H2,1H3. The van der Waals surface area contributed by atoms with Crippen molar-refractivity contribution in [3.8, 4) is 5.69 Å². The highest BCUT2D eigenvalue weighted by atomic mass is 32.2. The monoisotopic (exact) mass is 462 g/mol. The van der Waals surface area contributed by atoms with Gasteiger partial charge in [-0.15, -0.1) is 5.10 Å². The molecule has 11 nitrogen and oxygen atoms in total. The molecule has 1 aromatic heterocycles. The Hall–Kier alpha value is -2.87. The third-order valence-electron chi connectivity index (χ3n) is 4.71. The van der Waals surface area contributed by atoms with E-state index in [0.717, 1.165) is 29.1 Å². The summed E-state index contributed by atoms with van der Waals surface area (Å²) in [6.45, 7) is 2.79. The van der Waals surface area contributed by atoms with Crippen molar-refractivity contribution in [2.45, 2.75) is 21.9 Å². The van der Waals surface area contributed by atoms with Crippen LogP contribution >= 0.6 is 11.8 Å². The van der Waals surface area contributed by atoms with Crippen LogP contribution in [-0.4, -0.2) is 64.2 Å². The fraction of sp³-hybridized carbons (Fsp3) is 0.278. The summed E-state index contributed by atoms with van der Waals surface area (Å²) in [6, 6.07) is 11.2. The summed E-state index contributed by atoms with van der Waals surface area (Å²) in [4.78, 5) is 10.8. The number of hydrogen-bond acceptors (Lipinski definition) is 9. The minimum Gasteiger partial charge on any atom is -0.379 e. The van der Waals surface area contributed by atoms with E-state index >= 15 is 0 Å². The highest BCUT2D eigenvalue weighted by Gasteiger charge is 2.31. The van der Waals surface area contributed by atoms with E-state index in [1.807, 2.05) is 31.2 Å². The molecule has 0 N–H and O–H groups in total. The summed E-state index contributed by atoms with van der Waals surface area (Å²) in [6.07, 6.45) is 0. The number of hydrogen-bond donors (Lipinski definition) is 0. The molecular formula is C18H18N6O5S2. The van der Waals surface area contributed by atoms with Crippen LogP contribution in [0.15, 0.2) is 57.4 Å². The molecule has 13 heteroatoms. The number of benzene rings is 2. The lowest BCUT2D eigenvalue weighted by molar-refractivity contribution is -0.385. The van der Waals surface area contributed by atoms with E-state index in [-0.39, 0.29) is 36.9 Å². The van der Waals surface area contributed by atoms with E-state index in [2.05, 4.69) is 15.5 Å². The maximum Gasteiger partial charge on any atom is 0.270 e. The van der Waals surface area contributed by atoms with Gasteiger partial charge in [-0.3, -0.25) is 10.1 Å². The average Bonchev–Trinajstić information content (AvgIpc) is 3.22. The highest BCUT2D eigenvalue weighted by molar-refractivity contribution is 8.00. The van der Waals surface area contributed by atoms with E-state index in [1.165, 1.54) is 21.1 Å². The van der Waals surface area contributed by atoms with Crippen LogP contribution in [0.3, 0.4) is 0 Å². The fourth-order valence-electron chi connectivity index (χ4n) is 3.12. The molecule has 2 aromatic carbocycles. The summed E-state index contributed by atoms with van der Waals surface area (Å²) in [5, 5.41) is 23.4. The molecule has 0 bridgehead atoms. The molecule has 4 rings (SSSR count). The number of non-ortho nitro benzene ring substituents is 1. The Kier molecular flexibility index (Phi) is 6.00. The molecule has 0 saturated carbocycles. The van der Waals surface area contributed by atoms with Crippen molar-refractivity contribution in [2.24, 2.45) is 0 Å². The van der Waals surface area contributed by atoms with Crippen LogP contribution in [0.1, 0.15) is 5.56 Å². The third kappa shape index (κ3) is 4.30. The van der Waals surface area contributed by atoms with Crippen molar-refractivity contribution in [2.75, 3.05) is 26.3 Å². The van der Waals surface area contributed by atoms with Crippen molar-refractivity contribution in [3.63, 3.8) is 0 Å². The molecule has 2 heterocycles. The van der Waals surface area contributed by atoms with Gasteiger partial charge in [0.25, 0.3) is 5.69 Å². The molecule has 0 radical (unpaired) electrons. The van der Waals surface area contributed by atoms with Gasteiger partial charge >= 0.3 is 0 Å². The van der Waals surface area contributed by atoms with Crippen LogP contribution in [0.25, 0.3) is 5.69 Å². The minimum atomic E-state index is -3.99. The second kappa shape index (κ2) is 8.70. The highest BCUT2D eigenvalue weighted by Crippen LogP contribution is 2.36. The van der Waals surface area contributed by atoms with Crippen LogP contribution in [0.5, 0.6) is 0 Å². The lowest BCUT2D eigenvalue weighted by Gasteiger charge is -2.26. The van der Waals surface area contributed by atoms with Gasteiger partial charge in [-0.05, 0) is 46.8 Å². The number of nitro benzene ring substituents is 1. The van der Waals surface area contributed by atoms with Gasteiger partial charge in [-0.25, -0.2) is 8.42 Å². The zero-order chi connectivity index (χ0) is 22.0. The molecule has 0 aliphatic carbocycles. The van der Waals surface area contributed by atoms with Gasteiger partial charge < -0.3 is 4.74 Å². The number of sulfonamides is 1.